The minimum atomic E-state index is 0.622. The Hall–Kier alpha value is -1.96. The number of nitrogens with zero attached hydrogens (tertiary/aromatic N) is 2. The highest BCUT2D eigenvalue weighted by Gasteiger charge is 2.00. The van der Waals surface area contributed by atoms with Gasteiger partial charge in [0, 0.05) is 12.4 Å². The largest absolute Gasteiger partial charge is 0.287 e. The molecule has 0 saturated heterocycles. The van der Waals surface area contributed by atoms with Crippen LogP contribution in [0.15, 0.2) is 53.2 Å². The summed E-state index contributed by atoms with van der Waals surface area (Å²) < 4.78 is 0. The minimum Gasteiger partial charge on any atom is -0.287 e. The number of rotatable bonds is 0. The molecule has 1 aliphatic rings. The Bertz CT molecular complexity index is 493. The zero-order valence-electron chi connectivity index (χ0n) is 9.35. The number of hydrogen-bond acceptors (Lipinski definition) is 2. The van der Waals surface area contributed by atoms with Crippen molar-refractivity contribution in [3.8, 4) is 0 Å². The fourth-order valence-corrected chi connectivity index (χ4v) is 1.47. The maximum atomic E-state index is 4.32. The highest BCUT2D eigenvalue weighted by molar-refractivity contribution is 5.74. The second-order valence-electron chi connectivity index (χ2n) is 3.74. The average molecular weight is 210 g/mol. The van der Waals surface area contributed by atoms with Gasteiger partial charge in [0.1, 0.15) is 0 Å². The highest BCUT2D eigenvalue weighted by atomic mass is 14.8. The molecule has 0 N–H and O–H groups in total. The minimum absolute atomic E-state index is 0.622. The Kier molecular flexibility index (Phi) is 3.10. The molecule has 2 rings (SSSR count). The first kappa shape index (κ1) is 10.6. The van der Waals surface area contributed by atoms with Crippen molar-refractivity contribution in [3.05, 3.63) is 59.5 Å². The van der Waals surface area contributed by atoms with Gasteiger partial charge in [-0.1, -0.05) is 24.8 Å². The van der Waals surface area contributed by atoms with Gasteiger partial charge in [-0.2, -0.15) is 0 Å². The molecule has 0 amide bonds. The number of pyridine rings is 1. The fraction of sp³-hybridized carbons (Fsp3) is 0.143. The molecule has 0 bridgehead atoms. The molecule has 0 aliphatic carbocycles. The smallest absolute Gasteiger partial charge is 0.0817 e. The third kappa shape index (κ3) is 2.34. The molecule has 2 heteroatoms. The topological polar surface area (TPSA) is 25.2 Å². The second-order valence-corrected chi connectivity index (χ2v) is 3.74. The SMILES string of the molecule is C=C1/C=C\c2cccnc2CN=CC=C1C. The molecule has 0 radical (unpaired) electrons. The van der Waals surface area contributed by atoms with E-state index in [9.17, 15) is 0 Å². The second kappa shape index (κ2) is 4.71. The molecule has 1 aromatic heterocycles. The molecule has 0 unspecified atom stereocenters. The van der Waals surface area contributed by atoms with Crippen molar-refractivity contribution in [1.29, 1.82) is 0 Å². The van der Waals surface area contributed by atoms with Crippen LogP contribution >= 0.6 is 0 Å². The molecule has 16 heavy (non-hydrogen) atoms. The number of aliphatic imine (C=N–C) groups is 1. The predicted molar refractivity (Wildman–Crippen MR) is 68.4 cm³/mol. The zero-order valence-corrected chi connectivity index (χ0v) is 9.35. The van der Waals surface area contributed by atoms with E-state index >= 15 is 0 Å². The Morgan fingerprint density at radius 2 is 2.19 bits per heavy atom. The van der Waals surface area contributed by atoms with Gasteiger partial charge in [-0.15, -0.1) is 0 Å². The number of aromatic nitrogens is 1. The van der Waals surface area contributed by atoms with Crippen LogP contribution in [-0.4, -0.2) is 11.2 Å². The van der Waals surface area contributed by atoms with Crippen molar-refractivity contribution in [2.45, 2.75) is 13.5 Å². The van der Waals surface area contributed by atoms with Crippen LogP contribution < -0.4 is 0 Å². The van der Waals surface area contributed by atoms with Crippen LogP contribution in [-0.2, 0) is 6.54 Å². The number of fused-ring (bicyclic) bond motifs is 1. The number of hydrogen-bond donors (Lipinski definition) is 0. The van der Waals surface area contributed by atoms with Gasteiger partial charge in [0.15, 0.2) is 0 Å². The van der Waals surface area contributed by atoms with Gasteiger partial charge in [-0.3, -0.25) is 9.98 Å². The maximum absolute atomic E-state index is 4.32. The summed E-state index contributed by atoms with van der Waals surface area (Å²) in [4.78, 5) is 8.64. The van der Waals surface area contributed by atoms with Crippen LogP contribution in [0.2, 0.25) is 0 Å². The zero-order chi connectivity index (χ0) is 11.4. The lowest BCUT2D eigenvalue weighted by Gasteiger charge is -2.04. The summed E-state index contributed by atoms with van der Waals surface area (Å²) in [6.45, 7) is 6.66. The fourth-order valence-electron chi connectivity index (χ4n) is 1.47. The van der Waals surface area contributed by atoms with Gasteiger partial charge in [-0.05, 0) is 35.8 Å². The highest BCUT2D eigenvalue weighted by Crippen LogP contribution is 2.14. The Balaban J connectivity index is 2.43. The van der Waals surface area contributed by atoms with Crippen molar-refractivity contribution in [3.63, 3.8) is 0 Å². The Labute approximate surface area is 95.8 Å². The van der Waals surface area contributed by atoms with Crippen molar-refractivity contribution in [1.82, 2.24) is 4.98 Å². The van der Waals surface area contributed by atoms with Crippen molar-refractivity contribution in [2.24, 2.45) is 4.99 Å². The van der Waals surface area contributed by atoms with E-state index in [4.69, 9.17) is 0 Å². The molecule has 0 saturated carbocycles. The molecule has 1 aromatic rings. The van der Waals surface area contributed by atoms with Crippen LogP contribution in [0.1, 0.15) is 18.2 Å². The Morgan fingerprint density at radius 1 is 1.31 bits per heavy atom. The van der Waals surface area contributed by atoms with Gasteiger partial charge in [0.05, 0.1) is 12.2 Å². The summed E-state index contributed by atoms with van der Waals surface area (Å²) in [5, 5.41) is 0. The van der Waals surface area contributed by atoms with E-state index in [-0.39, 0.29) is 0 Å². The summed E-state index contributed by atoms with van der Waals surface area (Å²) in [6, 6.07) is 3.98. The van der Waals surface area contributed by atoms with E-state index in [1.54, 1.807) is 6.20 Å². The van der Waals surface area contributed by atoms with Gasteiger partial charge >= 0.3 is 0 Å². The molecule has 0 fully saturated rings. The number of allylic oxidation sites excluding steroid dienone is 4. The van der Waals surface area contributed by atoms with E-state index < -0.39 is 0 Å². The predicted octanol–water partition coefficient (Wildman–Crippen LogP) is 3.18. The molecule has 80 valence electrons. The van der Waals surface area contributed by atoms with Gasteiger partial charge in [0.2, 0.25) is 0 Å². The molecule has 2 nitrogen and oxygen atoms in total. The van der Waals surface area contributed by atoms with E-state index in [1.165, 1.54) is 0 Å². The van der Waals surface area contributed by atoms with Crippen LogP contribution in [0.25, 0.3) is 6.08 Å². The lowest BCUT2D eigenvalue weighted by atomic mass is 10.1. The molecular weight excluding hydrogens is 196 g/mol. The quantitative estimate of drug-likeness (QED) is 0.645. The van der Waals surface area contributed by atoms with Gasteiger partial charge in [-0.25, -0.2) is 0 Å². The molecule has 0 spiro atoms. The molecule has 2 heterocycles. The van der Waals surface area contributed by atoms with Crippen molar-refractivity contribution in [2.75, 3.05) is 0 Å². The maximum Gasteiger partial charge on any atom is 0.0817 e. The first-order valence-corrected chi connectivity index (χ1v) is 5.25. The first-order chi connectivity index (χ1) is 7.77. The lowest BCUT2D eigenvalue weighted by Crippen LogP contribution is -1.93. The molecular formula is C14H14N2. The monoisotopic (exact) mass is 210 g/mol. The summed E-state index contributed by atoms with van der Waals surface area (Å²) in [7, 11) is 0. The molecule has 0 atom stereocenters. The lowest BCUT2D eigenvalue weighted by molar-refractivity contribution is 0.990. The van der Waals surface area contributed by atoms with E-state index in [1.807, 2.05) is 43.5 Å². The molecule has 1 aliphatic heterocycles. The summed E-state index contributed by atoms with van der Waals surface area (Å²) >= 11 is 0. The third-order valence-electron chi connectivity index (χ3n) is 2.57. The third-order valence-corrected chi connectivity index (χ3v) is 2.57. The van der Waals surface area contributed by atoms with Gasteiger partial charge < -0.3 is 0 Å². The summed E-state index contributed by atoms with van der Waals surface area (Å²) in [5.74, 6) is 0. The van der Waals surface area contributed by atoms with Gasteiger partial charge in [0.25, 0.3) is 0 Å². The average Bonchev–Trinajstić information content (AvgIpc) is 2.32. The Morgan fingerprint density at radius 3 is 3.06 bits per heavy atom. The van der Waals surface area contributed by atoms with E-state index in [0.717, 1.165) is 22.4 Å². The first-order valence-electron chi connectivity index (χ1n) is 5.25. The van der Waals surface area contributed by atoms with E-state index in [0.29, 0.717) is 6.54 Å². The van der Waals surface area contributed by atoms with Crippen LogP contribution in [0, 0.1) is 0 Å². The summed E-state index contributed by atoms with van der Waals surface area (Å²) in [6.07, 6.45) is 9.65. The standard InChI is InChI=1S/C14H14N2/c1-11-5-6-13-4-3-8-16-14(13)10-15-9-7-12(11)2/h3-9H,1,10H2,2H3/b6-5-,12-7?,15-9?. The van der Waals surface area contributed by atoms with Crippen molar-refractivity contribution >= 4 is 12.3 Å². The van der Waals surface area contributed by atoms with Crippen molar-refractivity contribution < 1.29 is 0 Å². The van der Waals surface area contributed by atoms with E-state index in [2.05, 4.69) is 16.6 Å². The molecule has 0 aromatic carbocycles. The van der Waals surface area contributed by atoms with Crippen LogP contribution in [0.3, 0.4) is 0 Å². The van der Waals surface area contributed by atoms with Crippen LogP contribution in [0.5, 0.6) is 0 Å². The summed E-state index contributed by atoms with van der Waals surface area (Å²) in [5.41, 5.74) is 4.24. The van der Waals surface area contributed by atoms with Crippen LogP contribution in [0.4, 0.5) is 0 Å². The normalized spacial score (nSPS) is 17.6.